The highest BCUT2D eigenvalue weighted by atomic mass is 15.3. The fourth-order valence-electron chi connectivity index (χ4n) is 5.08. The normalized spacial score (nSPS) is 11.5. The molecule has 0 amide bonds. The number of nitrogens with zero attached hydrogens (tertiary/aromatic N) is 7. The van der Waals surface area contributed by atoms with Crippen LogP contribution in [0, 0.1) is 6.92 Å². The first kappa shape index (κ1) is 22.7. The van der Waals surface area contributed by atoms with Gasteiger partial charge in [-0.05, 0) is 36.8 Å². The molecule has 9 heteroatoms. The lowest BCUT2D eigenvalue weighted by Crippen LogP contribution is -2.06. The molecule has 4 aromatic heterocycles. The Morgan fingerprint density at radius 3 is 2.44 bits per heavy atom. The van der Waals surface area contributed by atoms with E-state index in [2.05, 4.69) is 51.1 Å². The Hall–Kier alpha value is -5.44. The molecule has 0 unspecified atom stereocenters. The van der Waals surface area contributed by atoms with Crippen molar-refractivity contribution in [3.63, 3.8) is 0 Å². The third-order valence-electron chi connectivity index (χ3n) is 7.02. The molecular weight excluding hydrogens is 486 g/mol. The van der Waals surface area contributed by atoms with Crippen LogP contribution in [-0.2, 0) is 6.54 Å². The molecule has 4 N–H and O–H groups in total. The van der Waals surface area contributed by atoms with Gasteiger partial charge in [0.05, 0.1) is 28.7 Å². The van der Waals surface area contributed by atoms with E-state index in [9.17, 15) is 0 Å². The molecule has 0 bridgehead atoms. The number of rotatable bonds is 4. The number of aromatic nitrogens is 7. The average molecular weight is 510 g/mol. The number of anilines is 2. The number of hydrogen-bond acceptors (Lipinski definition) is 8. The Morgan fingerprint density at radius 1 is 0.744 bits per heavy atom. The Kier molecular flexibility index (Phi) is 5.15. The van der Waals surface area contributed by atoms with Gasteiger partial charge in [-0.3, -0.25) is 0 Å². The van der Waals surface area contributed by atoms with Crippen LogP contribution in [0.25, 0.3) is 55.4 Å². The van der Waals surface area contributed by atoms with Gasteiger partial charge in [0.15, 0.2) is 5.65 Å². The Morgan fingerprint density at radius 2 is 1.54 bits per heavy atom. The van der Waals surface area contributed by atoms with Crippen molar-refractivity contribution in [2.24, 2.45) is 0 Å². The zero-order chi connectivity index (χ0) is 26.5. The number of pyridine rings is 1. The van der Waals surface area contributed by atoms with E-state index in [-0.39, 0.29) is 0 Å². The van der Waals surface area contributed by atoms with Gasteiger partial charge in [0, 0.05) is 27.5 Å². The quantitative estimate of drug-likeness (QED) is 0.332. The van der Waals surface area contributed by atoms with E-state index in [0.29, 0.717) is 34.9 Å². The zero-order valence-corrected chi connectivity index (χ0v) is 21.1. The largest absolute Gasteiger partial charge is 0.383 e. The molecule has 0 aliphatic rings. The third kappa shape index (κ3) is 3.79. The summed E-state index contributed by atoms with van der Waals surface area (Å²) in [6.45, 7) is 2.54. The first-order valence-corrected chi connectivity index (χ1v) is 12.5. The molecule has 0 spiro atoms. The van der Waals surface area contributed by atoms with Crippen molar-refractivity contribution in [3.05, 3.63) is 96.6 Å². The van der Waals surface area contributed by atoms with Gasteiger partial charge < -0.3 is 11.5 Å². The van der Waals surface area contributed by atoms with Gasteiger partial charge in [0.1, 0.15) is 30.0 Å². The maximum atomic E-state index is 6.39. The van der Waals surface area contributed by atoms with Gasteiger partial charge in [0.2, 0.25) is 0 Å². The monoisotopic (exact) mass is 509 g/mol. The summed E-state index contributed by atoms with van der Waals surface area (Å²) in [6, 6.07) is 24.4. The van der Waals surface area contributed by atoms with Crippen molar-refractivity contribution < 1.29 is 0 Å². The zero-order valence-electron chi connectivity index (χ0n) is 21.1. The van der Waals surface area contributed by atoms with Crippen molar-refractivity contribution in [2.75, 3.05) is 11.5 Å². The highest BCUT2D eigenvalue weighted by molar-refractivity contribution is 6.01. The summed E-state index contributed by atoms with van der Waals surface area (Å²) in [5.74, 6) is 0.759. The van der Waals surface area contributed by atoms with E-state index in [1.54, 1.807) is 0 Å². The standard InChI is InChI=1S/C30H23N9/c1-17-6-2-4-8-21(17)26-20(12-18-7-3-5-9-23(18)37-26)14-39-30-25(29(32)35-16-36-30)27(38-39)19-10-11-24-22(13-19)28(31)34-15-33-24/h2-13,15-16H,14H2,1H3,(H2,31,33,34)(H2,32,35,36). The van der Waals surface area contributed by atoms with Gasteiger partial charge in [0.25, 0.3) is 0 Å². The van der Waals surface area contributed by atoms with Crippen molar-refractivity contribution >= 4 is 44.5 Å². The molecule has 0 aliphatic carbocycles. The van der Waals surface area contributed by atoms with Crippen LogP contribution < -0.4 is 11.5 Å². The predicted molar refractivity (Wildman–Crippen MR) is 154 cm³/mol. The molecule has 3 aromatic carbocycles. The third-order valence-corrected chi connectivity index (χ3v) is 7.02. The number of para-hydroxylation sites is 1. The predicted octanol–water partition coefficient (Wildman–Crippen LogP) is 5.17. The van der Waals surface area contributed by atoms with Gasteiger partial charge in [-0.25, -0.2) is 29.6 Å². The summed E-state index contributed by atoms with van der Waals surface area (Å²) < 4.78 is 1.87. The molecule has 0 fully saturated rings. The highest BCUT2D eigenvalue weighted by Crippen LogP contribution is 2.34. The lowest BCUT2D eigenvalue weighted by atomic mass is 9.99. The van der Waals surface area contributed by atoms with Crippen LogP contribution in [0.3, 0.4) is 0 Å². The van der Waals surface area contributed by atoms with Crippen molar-refractivity contribution in [1.29, 1.82) is 0 Å². The topological polar surface area (TPSA) is 134 Å². The van der Waals surface area contributed by atoms with Gasteiger partial charge in [-0.1, -0.05) is 48.5 Å². The molecule has 9 nitrogen and oxygen atoms in total. The number of benzene rings is 3. The van der Waals surface area contributed by atoms with E-state index in [0.717, 1.165) is 49.8 Å². The number of aryl methyl sites for hydroxylation is 1. The fourth-order valence-corrected chi connectivity index (χ4v) is 5.08. The molecule has 7 rings (SSSR count). The fraction of sp³-hybridized carbons (Fsp3) is 0.0667. The van der Waals surface area contributed by atoms with Gasteiger partial charge >= 0.3 is 0 Å². The molecule has 0 radical (unpaired) electrons. The lowest BCUT2D eigenvalue weighted by molar-refractivity contribution is 0.706. The minimum Gasteiger partial charge on any atom is -0.383 e. The molecule has 0 saturated carbocycles. The van der Waals surface area contributed by atoms with Crippen LogP contribution in [-0.4, -0.2) is 34.7 Å². The smallest absolute Gasteiger partial charge is 0.164 e. The molecule has 0 saturated heterocycles. The highest BCUT2D eigenvalue weighted by Gasteiger charge is 2.20. The first-order chi connectivity index (χ1) is 19.1. The Bertz CT molecular complexity index is 2050. The summed E-state index contributed by atoms with van der Waals surface area (Å²) in [5.41, 5.74) is 20.5. The van der Waals surface area contributed by atoms with E-state index in [1.165, 1.54) is 12.7 Å². The molecule has 7 aromatic rings. The van der Waals surface area contributed by atoms with Gasteiger partial charge in [-0.15, -0.1) is 0 Å². The van der Waals surface area contributed by atoms with Gasteiger partial charge in [-0.2, -0.15) is 5.10 Å². The van der Waals surface area contributed by atoms with Crippen LogP contribution in [0.15, 0.2) is 85.5 Å². The van der Waals surface area contributed by atoms with Crippen LogP contribution >= 0.6 is 0 Å². The number of fused-ring (bicyclic) bond motifs is 3. The number of hydrogen-bond donors (Lipinski definition) is 2. The summed E-state index contributed by atoms with van der Waals surface area (Å²) in [5, 5.41) is 7.49. The maximum Gasteiger partial charge on any atom is 0.164 e. The lowest BCUT2D eigenvalue weighted by Gasteiger charge is -2.13. The first-order valence-electron chi connectivity index (χ1n) is 12.5. The molecule has 4 heterocycles. The Balaban J connectivity index is 1.44. The van der Waals surface area contributed by atoms with Crippen LogP contribution in [0.4, 0.5) is 11.6 Å². The van der Waals surface area contributed by atoms with Crippen molar-refractivity contribution in [1.82, 2.24) is 34.7 Å². The maximum absolute atomic E-state index is 6.39. The van der Waals surface area contributed by atoms with Crippen LogP contribution in [0.2, 0.25) is 0 Å². The molecule has 0 atom stereocenters. The summed E-state index contributed by atoms with van der Waals surface area (Å²) in [6.07, 6.45) is 2.92. The minimum absolute atomic E-state index is 0.356. The SMILES string of the molecule is Cc1ccccc1-c1nc2ccccc2cc1Cn1nc(-c2ccc3ncnc(N)c3c2)c2c(N)ncnc21. The number of nitrogen functional groups attached to an aromatic ring is 2. The molecule has 0 aliphatic heterocycles. The minimum atomic E-state index is 0.356. The second-order valence-electron chi connectivity index (χ2n) is 9.46. The average Bonchev–Trinajstić information content (AvgIpc) is 3.33. The second-order valence-corrected chi connectivity index (χ2v) is 9.46. The van der Waals surface area contributed by atoms with Crippen LogP contribution in [0.5, 0.6) is 0 Å². The van der Waals surface area contributed by atoms with E-state index in [4.69, 9.17) is 21.5 Å². The van der Waals surface area contributed by atoms with E-state index < -0.39 is 0 Å². The number of nitrogens with two attached hydrogens (primary N) is 2. The van der Waals surface area contributed by atoms with E-state index in [1.807, 2.05) is 53.2 Å². The van der Waals surface area contributed by atoms with Crippen molar-refractivity contribution in [2.45, 2.75) is 13.5 Å². The second kappa shape index (κ2) is 8.84. The van der Waals surface area contributed by atoms with Crippen LogP contribution in [0.1, 0.15) is 11.1 Å². The summed E-state index contributed by atoms with van der Waals surface area (Å²) in [4.78, 5) is 22.4. The molecule has 39 heavy (non-hydrogen) atoms. The van der Waals surface area contributed by atoms with E-state index >= 15 is 0 Å². The Labute approximate surface area is 223 Å². The molecular formula is C30H23N9. The summed E-state index contributed by atoms with van der Waals surface area (Å²) >= 11 is 0. The van der Waals surface area contributed by atoms with Crippen molar-refractivity contribution in [3.8, 4) is 22.5 Å². The molecule has 188 valence electrons. The summed E-state index contributed by atoms with van der Waals surface area (Å²) in [7, 11) is 0.